The minimum Gasteiger partial charge on any atom is -0.455 e. The van der Waals surface area contributed by atoms with Gasteiger partial charge in [-0.15, -0.1) is 0 Å². The van der Waals surface area contributed by atoms with Crippen molar-refractivity contribution in [3.8, 4) is 23.0 Å². The number of aliphatic imine (C=N–C) groups is 2. The van der Waals surface area contributed by atoms with Crippen LogP contribution in [0.15, 0.2) is 114 Å². The fraction of sp³-hybridized carbons (Fsp3) is 0.308. The Morgan fingerprint density at radius 1 is 0.736 bits per heavy atom. The number of benzene rings is 1. The molecule has 2 atom stereocenters. The average molecular weight is 979 g/mol. The van der Waals surface area contributed by atoms with Gasteiger partial charge < -0.3 is 30.4 Å². The summed E-state index contributed by atoms with van der Waals surface area (Å²) in [4.78, 5) is 81.7. The molecule has 2 aliphatic heterocycles. The van der Waals surface area contributed by atoms with Crippen LogP contribution in [0.2, 0.25) is 0 Å². The summed E-state index contributed by atoms with van der Waals surface area (Å²) in [7, 11) is 1.64. The van der Waals surface area contributed by atoms with Crippen LogP contribution in [0.25, 0.3) is 11.1 Å². The molecule has 0 saturated carbocycles. The zero-order chi connectivity index (χ0) is 51.3. The van der Waals surface area contributed by atoms with Gasteiger partial charge in [0, 0.05) is 93.7 Å². The second kappa shape index (κ2) is 23.5. The highest BCUT2D eigenvalue weighted by Crippen LogP contribution is 2.36. The molecule has 2 unspecified atom stereocenters. The quantitative estimate of drug-likeness (QED) is 0.0463. The summed E-state index contributed by atoms with van der Waals surface area (Å²) in [6.07, 6.45) is 10.4. The predicted octanol–water partition coefficient (Wildman–Crippen LogP) is 7.46. The maximum absolute atomic E-state index is 13.5. The van der Waals surface area contributed by atoms with Gasteiger partial charge in [-0.1, -0.05) is 37.3 Å². The third kappa shape index (κ3) is 12.7. The first-order valence-corrected chi connectivity index (χ1v) is 23.2. The lowest BCUT2D eigenvalue weighted by Crippen LogP contribution is -2.44. The molecule has 2 aliphatic rings. The number of allylic oxidation sites excluding steroid dienone is 2. The van der Waals surface area contributed by atoms with Crippen LogP contribution >= 0.6 is 0 Å². The summed E-state index contributed by atoms with van der Waals surface area (Å²) in [6.45, 7) is 8.63. The summed E-state index contributed by atoms with van der Waals surface area (Å²) in [6, 6.07) is 21.8. The van der Waals surface area contributed by atoms with E-state index < -0.39 is 29.0 Å². The van der Waals surface area contributed by atoms with Crippen molar-refractivity contribution in [1.82, 2.24) is 29.7 Å². The average Bonchev–Trinajstić information content (AvgIpc) is 3.85. The smallest absolute Gasteiger partial charge is 0.329 e. The first kappa shape index (κ1) is 51.5. The lowest BCUT2D eigenvalue weighted by Gasteiger charge is -2.23. The monoisotopic (exact) mass is 978 g/mol. The molecule has 374 valence electrons. The van der Waals surface area contributed by atoms with E-state index in [1.807, 2.05) is 37.3 Å². The Balaban J connectivity index is 0.827. The van der Waals surface area contributed by atoms with Gasteiger partial charge in [0.25, 0.3) is 5.91 Å². The first-order chi connectivity index (χ1) is 34.7. The number of amides is 6. The van der Waals surface area contributed by atoms with Crippen LogP contribution in [-0.4, -0.2) is 112 Å². The molecule has 0 bridgehead atoms. The van der Waals surface area contributed by atoms with Crippen LogP contribution in [0, 0.1) is 19.3 Å². The Morgan fingerprint density at radius 2 is 1.29 bits per heavy atom. The summed E-state index contributed by atoms with van der Waals surface area (Å²) in [5.41, 5.74) is 14.0. The number of carbonyl (C=O) groups excluding carboxylic acids is 4. The fourth-order valence-electron chi connectivity index (χ4n) is 7.81. The topological polar surface area (TPSA) is 264 Å². The number of nitrogens with zero attached hydrogens (tertiary/aromatic N) is 8. The minimum absolute atomic E-state index is 0.211. The number of carbonyl (C=O) groups is 4. The number of aryl methyl sites for hydroxylation is 2. The summed E-state index contributed by atoms with van der Waals surface area (Å²) in [5.74, 6) is 1.71. The summed E-state index contributed by atoms with van der Waals surface area (Å²) in [5, 5.41) is 5.46. The highest BCUT2D eigenvalue weighted by Gasteiger charge is 2.47. The van der Waals surface area contributed by atoms with Gasteiger partial charge in [0.05, 0.1) is 47.9 Å². The van der Waals surface area contributed by atoms with Crippen molar-refractivity contribution in [2.75, 3.05) is 50.5 Å². The van der Waals surface area contributed by atoms with E-state index in [-0.39, 0.29) is 50.5 Å². The minimum atomic E-state index is -1.12. The van der Waals surface area contributed by atoms with Crippen LogP contribution in [0.4, 0.5) is 21.2 Å². The van der Waals surface area contributed by atoms with E-state index in [0.717, 1.165) is 10.5 Å². The van der Waals surface area contributed by atoms with Gasteiger partial charge in [-0.2, -0.15) is 0 Å². The molecule has 72 heavy (non-hydrogen) atoms. The van der Waals surface area contributed by atoms with E-state index in [0.29, 0.717) is 82.7 Å². The first-order valence-electron chi connectivity index (χ1n) is 23.2. The van der Waals surface area contributed by atoms with E-state index in [1.54, 1.807) is 101 Å². The lowest BCUT2D eigenvalue weighted by molar-refractivity contribution is -0.146. The van der Waals surface area contributed by atoms with Gasteiger partial charge in [-0.05, 0) is 75.6 Å². The Morgan fingerprint density at radius 3 is 1.85 bits per heavy atom. The molecule has 1 aromatic carbocycles. The predicted molar refractivity (Wildman–Crippen MR) is 273 cm³/mol. The van der Waals surface area contributed by atoms with Gasteiger partial charge >= 0.3 is 12.1 Å². The number of urea groups is 2. The molecule has 2 saturated heterocycles. The lowest BCUT2D eigenvalue weighted by atomic mass is 9.85. The number of hydrogen-bond acceptors (Lipinski definition) is 16. The van der Waals surface area contributed by atoms with Gasteiger partial charge in [-0.25, -0.2) is 19.6 Å². The summed E-state index contributed by atoms with van der Waals surface area (Å²) >= 11 is 0. The maximum Gasteiger partial charge on any atom is 0.329 e. The van der Waals surface area contributed by atoms with Gasteiger partial charge in [-0.3, -0.25) is 50.0 Å². The molecule has 0 aliphatic carbocycles. The van der Waals surface area contributed by atoms with E-state index in [9.17, 15) is 19.2 Å². The normalized spacial score (nSPS) is 18.3. The zero-order valence-corrected chi connectivity index (χ0v) is 40.8. The van der Waals surface area contributed by atoms with Crippen LogP contribution < -0.4 is 31.6 Å². The number of ether oxygens (including phenoxy) is 4. The number of hydrogen-bond donors (Lipinski definition) is 4. The molecule has 4 aromatic heterocycles. The number of aromatic nitrogens is 4. The molecular weight excluding hydrogens is 921 g/mol. The molecule has 20 heteroatoms. The Labute approximate surface area is 417 Å². The second-order valence-corrected chi connectivity index (χ2v) is 17.4. The van der Waals surface area contributed by atoms with Crippen molar-refractivity contribution >= 4 is 59.1 Å². The van der Waals surface area contributed by atoms with Crippen LogP contribution in [0.3, 0.4) is 0 Å². The molecule has 6 amide bonds. The van der Waals surface area contributed by atoms with Crippen LogP contribution in [0.5, 0.6) is 23.0 Å². The maximum atomic E-state index is 13.5. The Bertz CT molecular complexity index is 2910. The molecule has 6 heterocycles. The van der Waals surface area contributed by atoms with Crippen molar-refractivity contribution in [2.24, 2.45) is 26.9 Å². The number of rotatable bonds is 19. The van der Waals surface area contributed by atoms with Gasteiger partial charge in [0.1, 0.15) is 40.2 Å². The largest absolute Gasteiger partial charge is 0.455 e. The highest BCUT2D eigenvalue weighted by atomic mass is 16.5. The molecule has 5 aromatic rings. The van der Waals surface area contributed by atoms with Crippen molar-refractivity contribution in [2.45, 2.75) is 59.2 Å². The molecule has 2 fully saturated rings. The van der Waals surface area contributed by atoms with E-state index in [4.69, 9.17) is 30.4 Å². The Kier molecular flexibility index (Phi) is 16.8. The van der Waals surface area contributed by atoms with Gasteiger partial charge in [0.15, 0.2) is 0 Å². The molecule has 6 N–H and O–H groups in total. The van der Waals surface area contributed by atoms with Crippen LogP contribution in [0.1, 0.15) is 61.4 Å². The number of likely N-dealkylation sites (tertiary alicyclic amines) is 2. The van der Waals surface area contributed by atoms with Crippen molar-refractivity contribution in [1.29, 1.82) is 0 Å². The second-order valence-electron chi connectivity index (χ2n) is 17.4. The van der Waals surface area contributed by atoms with E-state index in [1.165, 1.54) is 17.3 Å². The summed E-state index contributed by atoms with van der Waals surface area (Å²) < 4.78 is 24.0. The van der Waals surface area contributed by atoms with Crippen molar-refractivity contribution in [3.63, 3.8) is 0 Å². The number of anilines is 2. The molecular formula is C52H58N12O8. The molecule has 7 rings (SSSR count). The van der Waals surface area contributed by atoms with Crippen LogP contribution in [-0.2, 0) is 25.7 Å². The standard InChI is InChI=1S/C52H58N12O8/c1-34-43(71-39-15-20-57-41(27-39)37(29-53)31-55-5)11-13-45(59-34)61-49(67)63-23-17-51(3,47(63)65)19-25-69-26-22-56-32-38(30-54)42-28-40(16-21-58-42)72-44-12-14-46(60-35(44)2)62-50(68)64-24-18-52(4,48(64)66)70-33-36-9-7-6-8-10-36/h6-16,20-21,27-32H,17-19,22-26,33,53-54H2,1-5H3,(H,59,61,67)(H,60,62,68). The number of nitrogens with two attached hydrogens (primary N) is 2. The number of nitrogens with one attached hydrogen (secondary N) is 2. The van der Waals surface area contributed by atoms with Crippen molar-refractivity contribution in [3.05, 3.63) is 132 Å². The number of imide groups is 2. The highest BCUT2D eigenvalue weighted by molar-refractivity contribution is 6.09. The third-order valence-electron chi connectivity index (χ3n) is 12.1. The Hall–Kier alpha value is -8.36. The molecule has 0 radical (unpaired) electrons. The molecule has 20 nitrogen and oxygen atoms in total. The van der Waals surface area contributed by atoms with E-state index in [2.05, 4.69) is 40.6 Å². The van der Waals surface area contributed by atoms with E-state index >= 15 is 0 Å². The fourth-order valence-corrected chi connectivity index (χ4v) is 7.81. The molecule has 0 spiro atoms. The van der Waals surface area contributed by atoms with Gasteiger partial charge in [0.2, 0.25) is 5.91 Å². The van der Waals surface area contributed by atoms with Crippen molar-refractivity contribution < 1.29 is 38.1 Å². The third-order valence-corrected chi connectivity index (χ3v) is 12.1. The number of pyridine rings is 4. The SMILES string of the molecule is CN=CC(=CN)c1cc(Oc2ccc(NC(=O)N3CCC(C)(CCOCCN=CC(=CN)c4cc(Oc5ccc(NC(=O)N6CCC(C)(OCc7ccccc7)C6=O)nc5C)ccn4)C3=O)nc2C)ccn1. The zero-order valence-electron chi connectivity index (χ0n) is 40.8.